The molecular weight excluding hydrogens is 310 g/mol. The maximum Gasteiger partial charge on any atom is 0.271 e. The number of aromatic amines is 1. The fraction of sp³-hybridized carbons (Fsp3) is 0.412. The maximum atomic E-state index is 12.8. The molecule has 1 aliphatic rings. The van der Waals surface area contributed by atoms with Gasteiger partial charge in [0, 0.05) is 29.7 Å². The van der Waals surface area contributed by atoms with Crippen molar-refractivity contribution in [1.29, 1.82) is 0 Å². The van der Waals surface area contributed by atoms with Crippen molar-refractivity contribution in [3.05, 3.63) is 36.0 Å². The quantitative estimate of drug-likeness (QED) is 0.940. The number of likely N-dealkylation sites (N-methyl/N-ethyl adjacent to an activating group) is 1. The van der Waals surface area contributed by atoms with Crippen molar-refractivity contribution in [3.63, 3.8) is 0 Å². The number of para-hydroxylation sites is 1. The van der Waals surface area contributed by atoms with Crippen LogP contribution in [0.3, 0.4) is 0 Å². The number of nitrogens with one attached hydrogen (secondary N) is 1. The van der Waals surface area contributed by atoms with Crippen LogP contribution in [0, 0.1) is 0 Å². The molecule has 3 rings (SSSR count). The zero-order chi connectivity index (χ0) is 16.6. The summed E-state index contributed by atoms with van der Waals surface area (Å²) in [6.07, 6.45) is 0. The highest BCUT2D eigenvalue weighted by Gasteiger charge is 2.37. The molecule has 2 heterocycles. The molecule has 1 fully saturated rings. The van der Waals surface area contributed by atoms with Gasteiger partial charge in [0.15, 0.2) is 0 Å². The molecule has 0 radical (unpaired) electrons. The van der Waals surface area contributed by atoms with Crippen LogP contribution < -0.4 is 0 Å². The number of hydrogen-bond donors (Lipinski definition) is 1. The fourth-order valence-electron chi connectivity index (χ4n) is 2.68. The van der Waals surface area contributed by atoms with Gasteiger partial charge in [-0.05, 0) is 26.0 Å². The third-order valence-electron chi connectivity index (χ3n) is 4.31. The first-order valence-corrected chi connectivity index (χ1v) is 8.87. The molecule has 1 N–H and O–H groups in total. The van der Waals surface area contributed by atoms with Crippen molar-refractivity contribution in [2.24, 2.45) is 0 Å². The number of nitrogens with zero attached hydrogens (tertiary/aromatic N) is 2. The van der Waals surface area contributed by atoms with Crippen LogP contribution in [0.2, 0.25) is 0 Å². The van der Waals surface area contributed by atoms with E-state index in [4.69, 9.17) is 0 Å². The number of hydrogen-bond acceptors (Lipinski definition) is 3. The van der Waals surface area contributed by atoms with Gasteiger partial charge in [-0.2, -0.15) is 0 Å². The Bertz CT molecular complexity index is 707. The second kappa shape index (κ2) is 6.28. The van der Waals surface area contributed by atoms with Gasteiger partial charge in [-0.1, -0.05) is 18.2 Å². The molecule has 6 heteroatoms. The minimum Gasteiger partial charge on any atom is -0.351 e. The van der Waals surface area contributed by atoms with Gasteiger partial charge in [-0.3, -0.25) is 9.59 Å². The predicted octanol–water partition coefficient (Wildman–Crippen LogP) is 2.55. The minimum atomic E-state index is -0.383. The maximum absolute atomic E-state index is 12.8. The molecule has 1 atom stereocenters. The van der Waals surface area contributed by atoms with Gasteiger partial charge in [0.25, 0.3) is 5.91 Å². The summed E-state index contributed by atoms with van der Waals surface area (Å²) in [6, 6.07) is 9.39. The van der Waals surface area contributed by atoms with Crippen molar-refractivity contribution in [2.45, 2.75) is 25.9 Å². The van der Waals surface area contributed by atoms with Gasteiger partial charge in [-0.15, -0.1) is 11.8 Å². The zero-order valence-electron chi connectivity index (χ0n) is 13.6. The molecule has 2 amide bonds. The molecule has 0 bridgehead atoms. The Labute approximate surface area is 140 Å². The molecule has 1 aromatic heterocycles. The Morgan fingerprint density at radius 3 is 2.78 bits per heavy atom. The molecular formula is C17H21N3O2S. The molecule has 122 valence electrons. The van der Waals surface area contributed by atoms with Crippen LogP contribution in [-0.2, 0) is 4.79 Å². The molecule has 0 unspecified atom stereocenters. The van der Waals surface area contributed by atoms with E-state index < -0.39 is 0 Å². The van der Waals surface area contributed by atoms with Crippen LogP contribution in [-0.4, -0.2) is 57.4 Å². The molecule has 0 saturated carbocycles. The summed E-state index contributed by atoms with van der Waals surface area (Å²) in [7, 11) is 1.79. The van der Waals surface area contributed by atoms with E-state index in [0.29, 0.717) is 17.3 Å². The van der Waals surface area contributed by atoms with E-state index in [9.17, 15) is 9.59 Å². The monoisotopic (exact) mass is 331 g/mol. The second-order valence-electron chi connectivity index (χ2n) is 6.10. The third kappa shape index (κ3) is 2.95. The van der Waals surface area contributed by atoms with Gasteiger partial charge in [0.05, 0.1) is 5.88 Å². The fourth-order valence-corrected chi connectivity index (χ4v) is 3.83. The van der Waals surface area contributed by atoms with E-state index in [-0.39, 0.29) is 23.9 Å². The van der Waals surface area contributed by atoms with Crippen molar-refractivity contribution >= 4 is 34.5 Å². The lowest BCUT2D eigenvalue weighted by Gasteiger charge is -2.29. The van der Waals surface area contributed by atoms with Crippen molar-refractivity contribution in [2.75, 3.05) is 18.7 Å². The Morgan fingerprint density at radius 1 is 1.35 bits per heavy atom. The lowest BCUT2D eigenvalue weighted by Crippen LogP contribution is -2.49. The normalized spacial score (nSPS) is 17.9. The molecule has 0 aliphatic carbocycles. The molecule has 1 aliphatic heterocycles. The summed E-state index contributed by atoms with van der Waals surface area (Å²) in [6.45, 7) is 3.95. The summed E-state index contributed by atoms with van der Waals surface area (Å²) in [4.78, 5) is 32.0. The summed E-state index contributed by atoms with van der Waals surface area (Å²) in [5.74, 6) is 1.11. The van der Waals surface area contributed by atoms with Crippen LogP contribution in [0.4, 0.5) is 0 Å². The zero-order valence-corrected chi connectivity index (χ0v) is 14.4. The number of carbonyl (C=O) groups is 2. The van der Waals surface area contributed by atoms with Crippen LogP contribution in [0.25, 0.3) is 10.9 Å². The third-order valence-corrected chi connectivity index (χ3v) is 5.32. The van der Waals surface area contributed by atoms with Crippen LogP contribution in [0.5, 0.6) is 0 Å². The van der Waals surface area contributed by atoms with Crippen LogP contribution in [0.15, 0.2) is 30.3 Å². The lowest BCUT2D eigenvalue weighted by molar-refractivity contribution is -0.135. The largest absolute Gasteiger partial charge is 0.351 e. The lowest BCUT2D eigenvalue weighted by atomic mass is 10.2. The van der Waals surface area contributed by atoms with Crippen molar-refractivity contribution in [1.82, 2.24) is 14.8 Å². The number of thioether (sulfide) groups is 1. The smallest absolute Gasteiger partial charge is 0.271 e. The van der Waals surface area contributed by atoms with E-state index in [0.717, 1.165) is 10.9 Å². The molecule has 23 heavy (non-hydrogen) atoms. The molecule has 1 saturated heterocycles. The molecule has 2 aromatic rings. The minimum absolute atomic E-state index is 0.00876. The van der Waals surface area contributed by atoms with Crippen LogP contribution in [0.1, 0.15) is 24.3 Å². The van der Waals surface area contributed by atoms with Crippen molar-refractivity contribution < 1.29 is 9.59 Å². The van der Waals surface area contributed by atoms with E-state index in [1.54, 1.807) is 28.6 Å². The molecule has 5 nitrogen and oxygen atoms in total. The first-order chi connectivity index (χ1) is 11.0. The number of H-pyrrole nitrogens is 1. The Morgan fingerprint density at radius 2 is 2.09 bits per heavy atom. The molecule has 0 spiro atoms. The number of fused-ring (bicyclic) bond motifs is 1. The van der Waals surface area contributed by atoms with Gasteiger partial charge < -0.3 is 14.8 Å². The highest BCUT2D eigenvalue weighted by molar-refractivity contribution is 7.99. The Balaban J connectivity index is 1.84. The number of aromatic nitrogens is 1. The topological polar surface area (TPSA) is 56.4 Å². The SMILES string of the molecule is CC(C)N(C)C(=O)[C@@H]1CSCN1C(=O)c1cc2ccccc2[nH]1. The van der Waals surface area contributed by atoms with E-state index >= 15 is 0 Å². The average Bonchev–Trinajstić information content (AvgIpc) is 3.18. The van der Waals surface area contributed by atoms with Gasteiger partial charge in [0.1, 0.15) is 11.7 Å². The summed E-state index contributed by atoms with van der Waals surface area (Å²) in [5.41, 5.74) is 1.48. The second-order valence-corrected chi connectivity index (χ2v) is 7.10. The van der Waals surface area contributed by atoms with E-state index in [1.165, 1.54) is 0 Å². The standard InChI is InChI=1S/C17H21N3O2S/c1-11(2)19(3)17(22)15-9-23-10-20(15)16(21)14-8-12-6-4-5-7-13(12)18-14/h4-8,11,15,18H,9-10H2,1-3H3/t15-/m0/s1. The first kappa shape index (κ1) is 15.9. The number of carbonyl (C=O) groups excluding carboxylic acids is 2. The Hall–Kier alpha value is -1.95. The summed E-state index contributed by atoms with van der Waals surface area (Å²) in [5, 5.41) is 1.00. The van der Waals surface area contributed by atoms with E-state index in [2.05, 4.69) is 4.98 Å². The Kier molecular flexibility index (Phi) is 4.35. The predicted molar refractivity (Wildman–Crippen MR) is 93.5 cm³/mol. The van der Waals surface area contributed by atoms with Gasteiger partial charge in [0.2, 0.25) is 5.91 Å². The number of rotatable bonds is 3. The van der Waals surface area contributed by atoms with Crippen LogP contribution >= 0.6 is 11.8 Å². The number of benzene rings is 1. The first-order valence-electron chi connectivity index (χ1n) is 7.72. The molecule has 1 aromatic carbocycles. The average molecular weight is 331 g/mol. The summed E-state index contributed by atoms with van der Waals surface area (Å²) < 4.78 is 0. The van der Waals surface area contributed by atoms with Gasteiger partial charge >= 0.3 is 0 Å². The van der Waals surface area contributed by atoms with Crippen molar-refractivity contribution in [3.8, 4) is 0 Å². The van der Waals surface area contributed by atoms with Gasteiger partial charge in [-0.25, -0.2) is 0 Å². The summed E-state index contributed by atoms with van der Waals surface area (Å²) >= 11 is 1.62. The highest BCUT2D eigenvalue weighted by Crippen LogP contribution is 2.26. The number of amides is 2. The highest BCUT2D eigenvalue weighted by atomic mass is 32.2. The van der Waals surface area contributed by atoms with E-state index in [1.807, 2.05) is 44.2 Å².